The minimum absolute atomic E-state index is 0.0710. The molecule has 0 aromatic heterocycles. The van der Waals surface area contributed by atoms with Crippen molar-refractivity contribution in [1.29, 1.82) is 0 Å². The number of halogens is 2. The quantitative estimate of drug-likeness (QED) is 0.651. The Balaban J connectivity index is 3.58. The summed E-state index contributed by atoms with van der Waals surface area (Å²) in [5, 5.41) is 0. The zero-order chi connectivity index (χ0) is 12.7. The fraction of sp³-hybridized carbons (Fsp3) is 0.571. The molecule has 0 aliphatic rings. The smallest absolute Gasteiger partial charge is 0.133 e. The molecule has 0 bridgehead atoms. The van der Waals surface area contributed by atoms with Crippen LogP contribution in [0.3, 0.4) is 0 Å². The molecule has 0 heterocycles. The van der Waals surface area contributed by atoms with Crippen molar-refractivity contribution in [3.8, 4) is 0 Å². The van der Waals surface area contributed by atoms with Crippen molar-refractivity contribution in [2.75, 3.05) is 0 Å². The van der Waals surface area contributed by atoms with E-state index in [1.54, 1.807) is 6.92 Å². The first-order valence-electron chi connectivity index (χ1n) is 5.65. The van der Waals surface area contributed by atoms with Crippen molar-refractivity contribution in [1.82, 2.24) is 0 Å². The predicted octanol–water partition coefficient (Wildman–Crippen LogP) is 4.69. The first-order chi connectivity index (χ1) is 7.16. The Morgan fingerprint density at radius 3 is 2.00 bits per heavy atom. The van der Waals surface area contributed by atoms with Crippen LogP contribution in [0.25, 0.3) is 0 Å². The van der Waals surface area contributed by atoms with Gasteiger partial charge in [0.25, 0.3) is 0 Å². The van der Waals surface area contributed by atoms with Crippen LogP contribution in [-0.2, 0) is 5.41 Å². The van der Waals surface area contributed by atoms with E-state index in [4.69, 9.17) is 0 Å². The Morgan fingerprint density at radius 1 is 1.12 bits per heavy atom. The van der Waals surface area contributed by atoms with Crippen molar-refractivity contribution in [3.05, 3.63) is 34.4 Å². The third-order valence-corrected chi connectivity index (χ3v) is 2.79. The van der Waals surface area contributed by atoms with Gasteiger partial charge in [-0.25, -0.2) is 8.78 Å². The highest BCUT2D eigenvalue weighted by atomic mass is 19.1. The van der Waals surface area contributed by atoms with E-state index in [9.17, 15) is 8.78 Å². The van der Waals surface area contributed by atoms with Crippen LogP contribution in [0.4, 0.5) is 8.78 Å². The molecular formula is C14H20F2. The van der Waals surface area contributed by atoms with Gasteiger partial charge >= 0.3 is 0 Å². The van der Waals surface area contributed by atoms with E-state index in [0.29, 0.717) is 11.1 Å². The lowest BCUT2D eigenvalue weighted by molar-refractivity contribution is 0.466. The second kappa shape index (κ2) is 4.15. The largest absolute Gasteiger partial charge is 0.207 e. The monoisotopic (exact) mass is 226 g/mol. The second-order valence-corrected chi connectivity index (χ2v) is 5.68. The van der Waals surface area contributed by atoms with E-state index < -0.39 is 11.2 Å². The SMILES string of the molecule is Cc1cc(F)c(C(C)(C)C)c(F)c1C(C)C. The molecule has 0 fully saturated rings. The van der Waals surface area contributed by atoms with Crippen molar-refractivity contribution in [2.45, 2.75) is 52.9 Å². The van der Waals surface area contributed by atoms with Crippen LogP contribution in [0.5, 0.6) is 0 Å². The Hall–Kier alpha value is -0.920. The van der Waals surface area contributed by atoms with E-state index in [1.807, 2.05) is 34.6 Å². The van der Waals surface area contributed by atoms with E-state index in [1.165, 1.54) is 6.07 Å². The van der Waals surface area contributed by atoms with Gasteiger partial charge < -0.3 is 0 Å². The van der Waals surface area contributed by atoms with Crippen LogP contribution < -0.4 is 0 Å². The molecule has 1 aromatic rings. The molecule has 0 unspecified atom stereocenters. The van der Waals surface area contributed by atoms with Gasteiger partial charge in [0.1, 0.15) is 11.6 Å². The Kier molecular flexibility index (Phi) is 3.41. The van der Waals surface area contributed by atoms with Crippen LogP contribution in [-0.4, -0.2) is 0 Å². The maximum atomic E-state index is 14.3. The highest BCUT2D eigenvalue weighted by molar-refractivity contribution is 5.39. The molecule has 0 aliphatic heterocycles. The molecule has 0 saturated heterocycles. The van der Waals surface area contributed by atoms with Crippen molar-refractivity contribution in [3.63, 3.8) is 0 Å². The van der Waals surface area contributed by atoms with Crippen molar-refractivity contribution in [2.24, 2.45) is 0 Å². The van der Waals surface area contributed by atoms with Gasteiger partial charge in [0.05, 0.1) is 0 Å². The molecule has 1 rings (SSSR count). The molecule has 0 spiro atoms. The van der Waals surface area contributed by atoms with Gasteiger partial charge in [-0.2, -0.15) is 0 Å². The standard InChI is InChI=1S/C14H20F2/c1-8(2)11-9(3)7-10(15)12(13(11)16)14(4,5)6/h7-8H,1-6H3. The lowest BCUT2D eigenvalue weighted by Crippen LogP contribution is -2.18. The summed E-state index contributed by atoms with van der Waals surface area (Å²) in [4.78, 5) is 0. The van der Waals surface area contributed by atoms with Gasteiger partial charge in [0.2, 0.25) is 0 Å². The molecular weight excluding hydrogens is 206 g/mol. The number of aryl methyl sites for hydroxylation is 1. The van der Waals surface area contributed by atoms with E-state index in [0.717, 1.165) is 0 Å². The summed E-state index contributed by atoms with van der Waals surface area (Å²) in [5.74, 6) is -0.742. The van der Waals surface area contributed by atoms with Crippen LogP contribution in [0.15, 0.2) is 6.07 Å². The highest BCUT2D eigenvalue weighted by Crippen LogP contribution is 2.34. The Labute approximate surface area is 96.7 Å². The van der Waals surface area contributed by atoms with Crippen LogP contribution in [0.1, 0.15) is 57.2 Å². The first kappa shape index (κ1) is 13.1. The number of hydrogen-bond donors (Lipinski definition) is 0. The van der Waals surface area contributed by atoms with Gasteiger partial charge in [-0.3, -0.25) is 0 Å². The molecule has 0 N–H and O–H groups in total. The highest BCUT2D eigenvalue weighted by Gasteiger charge is 2.27. The zero-order valence-corrected chi connectivity index (χ0v) is 10.9. The minimum atomic E-state index is -0.508. The maximum absolute atomic E-state index is 14.3. The van der Waals surface area contributed by atoms with Gasteiger partial charge in [-0.1, -0.05) is 34.6 Å². The second-order valence-electron chi connectivity index (χ2n) is 5.68. The molecule has 90 valence electrons. The summed E-state index contributed by atoms with van der Waals surface area (Å²) in [6.07, 6.45) is 0. The molecule has 0 atom stereocenters. The third kappa shape index (κ3) is 2.26. The summed E-state index contributed by atoms with van der Waals surface area (Å²) in [5.41, 5.74) is 1.01. The lowest BCUT2D eigenvalue weighted by atomic mass is 9.82. The molecule has 0 amide bonds. The summed E-state index contributed by atoms with van der Waals surface area (Å²) in [7, 11) is 0. The summed E-state index contributed by atoms with van der Waals surface area (Å²) < 4.78 is 28.1. The molecule has 1 aromatic carbocycles. The molecule has 0 saturated carbocycles. The van der Waals surface area contributed by atoms with Gasteiger partial charge in [0.15, 0.2) is 0 Å². The van der Waals surface area contributed by atoms with E-state index in [2.05, 4.69) is 0 Å². The van der Waals surface area contributed by atoms with Gasteiger partial charge in [0, 0.05) is 5.56 Å². The average molecular weight is 226 g/mol. The minimum Gasteiger partial charge on any atom is -0.207 e. The lowest BCUT2D eigenvalue weighted by Gasteiger charge is -2.24. The molecule has 0 nitrogen and oxygen atoms in total. The van der Waals surface area contributed by atoms with Crippen LogP contribution >= 0.6 is 0 Å². The van der Waals surface area contributed by atoms with Crippen LogP contribution in [0.2, 0.25) is 0 Å². The molecule has 0 aliphatic carbocycles. The summed E-state index contributed by atoms with van der Waals surface area (Å²) in [6.45, 7) is 11.1. The summed E-state index contributed by atoms with van der Waals surface area (Å²) in [6, 6.07) is 1.44. The molecule has 16 heavy (non-hydrogen) atoms. The van der Waals surface area contributed by atoms with E-state index in [-0.39, 0.29) is 17.3 Å². The average Bonchev–Trinajstić information content (AvgIpc) is 1.97. The Morgan fingerprint density at radius 2 is 1.62 bits per heavy atom. The number of benzene rings is 1. The number of rotatable bonds is 1. The fourth-order valence-electron chi connectivity index (χ4n) is 2.15. The Bertz CT molecular complexity index is 398. The normalized spacial score (nSPS) is 12.3. The summed E-state index contributed by atoms with van der Waals surface area (Å²) >= 11 is 0. The fourth-order valence-corrected chi connectivity index (χ4v) is 2.15. The number of hydrogen-bond acceptors (Lipinski definition) is 0. The van der Waals surface area contributed by atoms with Gasteiger partial charge in [-0.15, -0.1) is 0 Å². The predicted molar refractivity (Wildman–Crippen MR) is 63.9 cm³/mol. The van der Waals surface area contributed by atoms with E-state index >= 15 is 0 Å². The van der Waals surface area contributed by atoms with Crippen molar-refractivity contribution >= 4 is 0 Å². The maximum Gasteiger partial charge on any atom is 0.133 e. The topological polar surface area (TPSA) is 0 Å². The molecule has 0 radical (unpaired) electrons. The van der Waals surface area contributed by atoms with Gasteiger partial charge in [-0.05, 0) is 35.4 Å². The third-order valence-electron chi connectivity index (χ3n) is 2.79. The molecule has 2 heteroatoms. The van der Waals surface area contributed by atoms with Crippen LogP contribution in [0, 0.1) is 18.6 Å². The first-order valence-corrected chi connectivity index (χ1v) is 5.65. The zero-order valence-electron chi connectivity index (χ0n) is 10.9. The van der Waals surface area contributed by atoms with Crippen molar-refractivity contribution < 1.29 is 8.78 Å².